The summed E-state index contributed by atoms with van der Waals surface area (Å²) in [6, 6.07) is 13.9. The number of rotatable bonds is 3. The molecule has 4 aromatic rings. The minimum Gasteiger partial charge on any atom is -0.349 e. The van der Waals surface area contributed by atoms with Crippen LogP contribution in [-0.4, -0.2) is 20.9 Å². The second kappa shape index (κ2) is 6.53. The van der Waals surface area contributed by atoms with Crippen molar-refractivity contribution in [2.24, 2.45) is 5.10 Å². The summed E-state index contributed by atoms with van der Waals surface area (Å²) in [6.45, 7) is 4.31. The van der Waals surface area contributed by atoms with Gasteiger partial charge in [0.1, 0.15) is 17.4 Å². The van der Waals surface area contributed by atoms with E-state index in [1.807, 2.05) is 30.3 Å². The molecule has 2 aromatic heterocycles. The highest BCUT2D eigenvalue weighted by molar-refractivity contribution is 9.10. The summed E-state index contributed by atoms with van der Waals surface area (Å²) in [7, 11) is 0. The van der Waals surface area contributed by atoms with Crippen LogP contribution < -0.4 is 5.56 Å². The zero-order valence-electron chi connectivity index (χ0n) is 14.4. The van der Waals surface area contributed by atoms with Gasteiger partial charge in [0.15, 0.2) is 0 Å². The zero-order chi connectivity index (χ0) is 18.3. The zero-order valence-corrected chi connectivity index (χ0v) is 16.0. The first-order chi connectivity index (χ1) is 12.5. The maximum Gasteiger partial charge on any atom is 0.298 e. The van der Waals surface area contributed by atoms with E-state index in [9.17, 15) is 4.79 Å². The lowest BCUT2D eigenvalue weighted by molar-refractivity contribution is 0.815. The van der Waals surface area contributed by atoms with Crippen molar-refractivity contribution < 1.29 is 0 Å². The number of halogens is 1. The first-order valence-electron chi connectivity index (χ1n) is 8.36. The first kappa shape index (κ1) is 16.7. The molecular weight excluding hydrogens is 392 g/mol. The maximum atomic E-state index is 12.7. The maximum absolute atomic E-state index is 12.7. The molecule has 2 aromatic carbocycles. The lowest BCUT2D eigenvalue weighted by Crippen LogP contribution is -2.17. The van der Waals surface area contributed by atoms with Gasteiger partial charge in [-0.1, -0.05) is 54.0 Å². The van der Waals surface area contributed by atoms with Crippen LogP contribution in [0.1, 0.15) is 30.9 Å². The Balaban J connectivity index is 1.74. The molecule has 0 unspecified atom stereocenters. The number of fused-ring (bicyclic) bond motifs is 3. The van der Waals surface area contributed by atoms with E-state index in [2.05, 4.69) is 57.0 Å². The summed E-state index contributed by atoms with van der Waals surface area (Å²) in [5.74, 6) is 0.484. The largest absolute Gasteiger partial charge is 0.349 e. The fraction of sp³-hybridized carbons (Fsp3) is 0.150. The number of nitrogens with zero attached hydrogens (tertiary/aromatic N) is 3. The molecule has 0 atom stereocenters. The molecule has 0 spiro atoms. The van der Waals surface area contributed by atoms with Crippen LogP contribution in [0.5, 0.6) is 0 Å². The van der Waals surface area contributed by atoms with Crippen LogP contribution >= 0.6 is 15.9 Å². The minimum absolute atomic E-state index is 0.225. The Morgan fingerprint density at radius 2 is 1.96 bits per heavy atom. The molecule has 0 aliphatic heterocycles. The fourth-order valence-corrected chi connectivity index (χ4v) is 3.26. The van der Waals surface area contributed by atoms with E-state index >= 15 is 0 Å². The Kier molecular flexibility index (Phi) is 4.20. The van der Waals surface area contributed by atoms with E-state index in [0.717, 1.165) is 20.9 Å². The molecule has 130 valence electrons. The van der Waals surface area contributed by atoms with Crippen molar-refractivity contribution >= 4 is 44.1 Å². The van der Waals surface area contributed by atoms with E-state index in [1.165, 1.54) is 16.6 Å². The molecule has 0 aliphatic rings. The molecule has 0 aliphatic carbocycles. The van der Waals surface area contributed by atoms with Crippen LogP contribution in [0.2, 0.25) is 0 Å². The van der Waals surface area contributed by atoms with Crippen molar-refractivity contribution in [2.75, 3.05) is 0 Å². The van der Waals surface area contributed by atoms with Gasteiger partial charge < -0.3 is 4.98 Å². The molecule has 0 bridgehead atoms. The number of hydrogen-bond acceptors (Lipinski definition) is 3. The molecule has 0 saturated carbocycles. The fourth-order valence-electron chi connectivity index (χ4n) is 2.90. The van der Waals surface area contributed by atoms with Crippen LogP contribution in [-0.2, 0) is 0 Å². The Labute approximate surface area is 158 Å². The Morgan fingerprint density at radius 1 is 1.19 bits per heavy atom. The molecule has 6 heteroatoms. The molecule has 26 heavy (non-hydrogen) atoms. The van der Waals surface area contributed by atoms with Crippen molar-refractivity contribution in [1.82, 2.24) is 14.6 Å². The monoisotopic (exact) mass is 408 g/mol. The average molecular weight is 409 g/mol. The third-order valence-corrected chi connectivity index (χ3v) is 4.88. The van der Waals surface area contributed by atoms with Crippen molar-refractivity contribution in [3.8, 4) is 0 Å². The molecule has 1 N–H and O–H groups in total. The van der Waals surface area contributed by atoms with Gasteiger partial charge in [-0.15, -0.1) is 0 Å². The van der Waals surface area contributed by atoms with Gasteiger partial charge in [0, 0.05) is 15.4 Å². The molecule has 0 fully saturated rings. The first-order valence-corrected chi connectivity index (χ1v) is 9.15. The summed E-state index contributed by atoms with van der Waals surface area (Å²) < 4.78 is 2.20. The molecular formula is C20H17BrN4O. The highest BCUT2D eigenvalue weighted by atomic mass is 79.9. The van der Waals surface area contributed by atoms with E-state index in [1.54, 1.807) is 6.21 Å². The van der Waals surface area contributed by atoms with E-state index in [-0.39, 0.29) is 5.56 Å². The van der Waals surface area contributed by atoms with Crippen LogP contribution in [0, 0.1) is 0 Å². The SMILES string of the molecule is CC(C)c1ccc(C=Nn2cnc3c([nH]c4ccc(Br)cc43)c2=O)cc1. The van der Waals surface area contributed by atoms with Crippen molar-refractivity contribution in [2.45, 2.75) is 19.8 Å². The predicted octanol–water partition coefficient (Wildman–Crippen LogP) is 4.65. The van der Waals surface area contributed by atoms with Crippen LogP contribution in [0.25, 0.3) is 21.9 Å². The highest BCUT2D eigenvalue weighted by Gasteiger charge is 2.10. The number of aromatic amines is 1. The van der Waals surface area contributed by atoms with Crippen molar-refractivity contribution in [1.29, 1.82) is 0 Å². The van der Waals surface area contributed by atoms with Gasteiger partial charge in [-0.05, 0) is 35.2 Å². The van der Waals surface area contributed by atoms with Crippen LogP contribution in [0.4, 0.5) is 0 Å². The van der Waals surface area contributed by atoms with Gasteiger partial charge in [-0.25, -0.2) is 4.98 Å². The molecule has 2 heterocycles. The molecule has 0 saturated heterocycles. The molecule has 0 amide bonds. The average Bonchev–Trinajstić information content (AvgIpc) is 3.00. The van der Waals surface area contributed by atoms with Gasteiger partial charge in [-0.3, -0.25) is 4.79 Å². The quantitative estimate of drug-likeness (QED) is 0.501. The minimum atomic E-state index is -0.225. The summed E-state index contributed by atoms with van der Waals surface area (Å²) in [5, 5.41) is 5.18. The summed E-state index contributed by atoms with van der Waals surface area (Å²) in [5.41, 5.74) is 3.96. The van der Waals surface area contributed by atoms with Gasteiger partial charge in [0.05, 0.1) is 6.21 Å². The Morgan fingerprint density at radius 3 is 2.69 bits per heavy atom. The molecule has 0 radical (unpaired) electrons. The highest BCUT2D eigenvalue weighted by Crippen LogP contribution is 2.24. The lowest BCUT2D eigenvalue weighted by Gasteiger charge is -2.04. The Bertz CT molecular complexity index is 1190. The van der Waals surface area contributed by atoms with Gasteiger partial charge in [0.2, 0.25) is 0 Å². The molecule has 5 nitrogen and oxygen atoms in total. The second-order valence-corrected chi connectivity index (χ2v) is 7.41. The normalized spacial score (nSPS) is 12.0. The van der Waals surface area contributed by atoms with Gasteiger partial charge in [-0.2, -0.15) is 9.78 Å². The van der Waals surface area contributed by atoms with Crippen LogP contribution in [0.3, 0.4) is 0 Å². The topological polar surface area (TPSA) is 63.0 Å². The third-order valence-electron chi connectivity index (χ3n) is 4.39. The third kappa shape index (κ3) is 2.97. The smallest absolute Gasteiger partial charge is 0.298 e. The summed E-state index contributed by atoms with van der Waals surface area (Å²) in [6.07, 6.45) is 3.12. The van der Waals surface area contributed by atoms with E-state index in [4.69, 9.17) is 0 Å². The Hall–Kier alpha value is -2.73. The van der Waals surface area contributed by atoms with E-state index < -0.39 is 0 Å². The summed E-state index contributed by atoms with van der Waals surface area (Å²) in [4.78, 5) is 20.3. The van der Waals surface area contributed by atoms with E-state index in [0.29, 0.717) is 17.0 Å². The lowest BCUT2D eigenvalue weighted by atomic mass is 10.0. The van der Waals surface area contributed by atoms with Gasteiger partial charge in [0.25, 0.3) is 5.56 Å². The number of H-pyrrole nitrogens is 1. The number of aromatic nitrogens is 3. The molecule has 4 rings (SSSR count). The van der Waals surface area contributed by atoms with Crippen molar-refractivity contribution in [3.05, 3.63) is 74.7 Å². The predicted molar refractivity (Wildman–Crippen MR) is 109 cm³/mol. The van der Waals surface area contributed by atoms with Crippen LogP contribution in [0.15, 0.2) is 63.2 Å². The number of hydrogen-bond donors (Lipinski definition) is 1. The number of benzene rings is 2. The number of nitrogens with one attached hydrogen (secondary N) is 1. The summed E-state index contributed by atoms with van der Waals surface area (Å²) >= 11 is 3.45. The standard InChI is InChI=1S/C20H17BrN4O/c1-12(2)14-5-3-13(4-6-14)10-23-25-11-22-18-16-9-15(21)7-8-17(16)24-19(18)20(25)26/h3-12,24H,1-2H3. The van der Waals surface area contributed by atoms with Crippen molar-refractivity contribution in [3.63, 3.8) is 0 Å². The van der Waals surface area contributed by atoms with Gasteiger partial charge >= 0.3 is 0 Å². The second-order valence-electron chi connectivity index (χ2n) is 6.50.